The van der Waals surface area contributed by atoms with Crippen molar-refractivity contribution in [1.82, 2.24) is 4.31 Å². The van der Waals surface area contributed by atoms with Crippen molar-refractivity contribution in [2.75, 3.05) is 13.6 Å². The molecule has 0 aromatic heterocycles. The number of unbranched alkanes of at least 4 members (excludes halogenated alkanes) is 1. The largest absolute Gasteiger partial charge is 0.392 e. The smallest absolute Gasteiger partial charge is 0.242 e. The first-order chi connectivity index (χ1) is 8.84. The zero-order valence-corrected chi connectivity index (χ0v) is 12.3. The monoisotopic (exact) mass is 289 g/mol. The maximum Gasteiger partial charge on any atom is 0.242 e. The van der Waals surface area contributed by atoms with E-state index >= 15 is 0 Å². The zero-order chi connectivity index (χ0) is 14.6. The van der Waals surface area contributed by atoms with Crippen LogP contribution < -0.4 is 0 Å². The average molecular weight is 289 g/mol. The van der Waals surface area contributed by atoms with E-state index in [2.05, 4.69) is 0 Å². The summed E-state index contributed by atoms with van der Waals surface area (Å²) in [7, 11) is -2.13. The lowest BCUT2D eigenvalue weighted by atomic mass is 10.1. The van der Waals surface area contributed by atoms with Crippen molar-refractivity contribution in [1.29, 1.82) is 0 Å². The summed E-state index contributed by atoms with van der Waals surface area (Å²) < 4.78 is 39.4. The van der Waals surface area contributed by atoms with Crippen molar-refractivity contribution in [3.63, 3.8) is 0 Å². The highest BCUT2D eigenvalue weighted by molar-refractivity contribution is 7.89. The van der Waals surface area contributed by atoms with Crippen LogP contribution in [0.25, 0.3) is 0 Å². The van der Waals surface area contributed by atoms with Gasteiger partial charge in [0.15, 0.2) is 0 Å². The summed E-state index contributed by atoms with van der Waals surface area (Å²) in [5, 5.41) is 9.06. The summed E-state index contributed by atoms with van der Waals surface area (Å²) >= 11 is 0. The molecule has 0 aliphatic carbocycles. The normalized spacial score (nSPS) is 12.1. The Kier molecular flexibility index (Phi) is 5.46. The Labute approximate surface area is 113 Å². The van der Waals surface area contributed by atoms with Gasteiger partial charge in [0, 0.05) is 19.2 Å². The first-order valence-electron chi connectivity index (χ1n) is 6.20. The van der Waals surface area contributed by atoms with Gasteiger partial charge in [0.05, 0.1) is 11.5 Å². The predicted molar refractivity (Wildman–Crippen MR) is 71.8 cm³/mol. The van der Waals surface area contributed by atoms with E-state index < -0.39 is 22.4 Å². The quantitative estimate of drug-likeness (QED) is 0.872. The van der Waals surface area contributed by atoms with Crippen LogP contribution in [0.5, 0.6) is 0 Å². The molecular formula is C13H20FNO3S. The molecule has 0 saturated heterocycles. The first kappa shape index (κ1) is 16.1. The minimum Gasteiger partial charge on any atom is -0.392 e. The molecule has 1 aromatic rings. The highest BCUT2D eigenvalue weighted by atomic mass is 32.2. The molecule has 0 atom stereocenters. The molecule has 0 bridgehead atoms. The van der Waals surface area contributed by atoms with Gasteiger partial charge in [-0.15, -0.1) is 0 Å². The first-order valence-corrected chi connectivity index (χ1v) is 7.64. The van der Waals surface area contributed by atoms with Crippen LogP contribution in [-0.2, 0) is 16.6 Å². The second-order valence-corrected chi connectivity index (χ2v) is 6.60. The molecule has 0 amide bonds. The van der Waals surface area contributed by atoms with Gasteiger partial charge in [0.1, 0.15) is 5.82 Å². The molecule has 6 heteroatoms. The number of aliphatic hydroxyl groups excluding tert-OH is 1. The minimum atomic E-state index is -3.63. The number of rotatable bonds is 6. The molecule has 1 rings (SSSR count). The zero-order valence-electron chi connectivity index (χ0n) is 11.5. The fraction of sp³-hybridized carbons (Fsp3) is 0.538. The second-order valence-electron chi connectivity index (χ2n) is 4.55. The molecule has 0 heterocycles. The molecule has 0 unspecified atom stereocenters. The molecular weight excluding hydrogens is 269 g/mol. The Hall–Kier alpha value is -0.980. The fourth-order valence-electron chi connectivity index (χ4n) is 1.75. The number of aliphatic hydroxyl groups is 1. The fourth-order valence-corrected chi connectivity index (χ4v) is 3.10. The van der Waals surface area contributed by atoms with E-state index in [0.717, 1.165) is 12.8 Å². The lowest BCUT2D eigenvalue weighted by Gasteiger charge is -2.18. The Morgan fingerprint density at radius 1 is 1.37 bits per heavy atom. The van der Waals surface area contributed by atoms with Gasteiger partial charge in [0.25, 0.3) is 0 Å². The number of sulfonamides is 1. The van der Waals surface area contributed by atoms with Crippen LogP contribution in [0.1, 0.15) is 30.9 Å². The Bertz CT molecular complexity index is 543. The summed E-state index contributed by atoms with van der Waals surface area (Å²) in [4.78, 5) is 0.0223. The van der Waals surface area contributed by atoms with Gasteiger partial charge in [-0.25, -0.2) is 17.1 Å². The molecule has 0 radical (unpaired) electrons. The summed E-state index contributed by atoms with van der Waals surface area (Å²) in [5.41, 5.74) is 0.219. The summed E-state index contributed by atoms with van der Waals surface area (Å²) in [6, 6.07) is 2.49. The van der Waals surface area contributed by atoms with Crippen molar-refractivity contribution in [3.05, 3.63) is 29.1 Å². The van der Waals surface area contributed by atoms with Gasteiger partial charge >= 0.3 is 0 Å². The van der Waals surface area contributed by atoms with Crippen molar-refractivity contribution in [2.24, 2.45) is 0 Å². The number of halogens is 1. The van der Waals surface area contributed by atoms with Crippen LogP contribution in [0, 0.1) is 12.7 Å². The molecule has 0 fully saturated rings. The van der Waals surface area contributed by atoms with Crippen LogP contribution in [-0.4, -0.2) is 31.4 Å². The highest BCUT2D eigenvalue weighted by Crippen LogP contribution is 2.22. The molecule has 0 aliphatic rings. The SMILES string of the molecule is CCCCN(C)S(=O)(=O)c1cc(C)c(F)c(CO)c1. The van der Waals surface area contributed by atoms with Gasteiger partial charge in [0.2, 0.25) is 10.0 Å². The van der Waals surface area contributed by atoms with Gasteiger partial charge in [-0.2, -0.15) is 0 Å². The van der Waals surface area contributed by atoms with Gasteiger partial charge < -0.3 is 5.11 Å². The van der Waals surface area contributed by atoms with Gasteiger partial charge in [-0.05, 0) is 31.0 Å². The van der Waals surface area contributed by atoms with Gasteiger partial charge in [-0.1, -0.05) is 13.3 Å². The van der Waals surface area contributed by atoms with E-state index in [1.54, 1.807) is 0 Å². The maximum atomic E-state index is 13.6. The lowest BCUT2D eigenvalue weighted by molar-refractivity contribution is 0.275. The molecule has 1 aromatic carbocycles. The number of hydrogen-bond acceptors (Lipinski definition) is 3. The van der Waals surface area contributed by atoms with Crippen LogP contribution in [0.2, 0.25) is 0 Å². The average Bonchev–Trinajstić information content (AvgIpc) is 2.38. The van der Waals surface area contributed by atoms with E-state index in [1.807, 2.05) is 6.92 Å². The van der Waals surface area contributed by atoms with E-state index in [1.165, 1.54) is 30.4 Å². The summed E-state index contributed by atoms with van der Waals surface area (Å²) in [6.07, 6.45) is 1.66. The standard InChI is InChI=1S/C13H20FNO3S/c1-4-5-6-15(3)19(17,18)12-7-10(2)13(14)11(8-12)9-16/h7-8,16H,4-6,9H2,1-3H3. The molecule has 0 saturated carbocycles. The topological polar surface area (TPSA) is 57.6 Å². The van der Waals surface area contributed by atoms with Crippen molar-refractivity contribution >= 4 is 10.0 Å². The van der Waals surface area contributed by atoms with Crippen molar-refractivity contribution in [2.45, 2.75) is 38.2 Å². The Morgan fingerprint density at radius 2 is 2.00 bits per heavy atom. The van der Waals surface area contributed by atoms with Crippen LogP contribution in [0.15, 0.2) is 17.0 Å². The number of benzene rings is 1. The second kappa shape index (κ2) is 6.45. The van der Waals surface area contributed by atoms with Gasteiger partial charge in [-0.3, -0.25) is 0 Å². The predicted octanol–water partition coefficient (Wildman–Crippen LogP) is 2.05. The summed E-state index contributed by atoms with van der Waals surface area (Å²) in [5.74, 6) is -0.558. The number of aryl methyl sites for hydroxylation is 1. The molecule has 19 heavy (non-hydrogen) atoms. The van der Waals surface area contributed by atoms with Crippen LogP contribution >= 0.6 is 0 Å². The molecule has 4 nitrogen and oxygen atoms in total. The molecule has 1 N–H and O–H groups in total. The molecule has 108 valence electrons. The molecule has 0 spiro atoms. The van der Waals surface area contributed by atoms with Crippen LogP contribution in [0.4, 0.5) is 4.39 Å². The Morgan fingerprint density at radius 3 is 2.53 bits per heavy atom. The lowest BCUT2D eigenvalue weighted by Crippen LogP contribution is -2.28. The van der Waals surface area contributed by atoms with E-state index in [4.69, 9.17) is 5.11 Å². The number of nitrogens with zero attached hydrogens (tertiary/aromatic N) is 1. The third-order valence-corrected chi connectivity index (χ3v) is 4.84. The third kappa shape index (κ3) is 3.52. The van der Waals surface area contributed by atoms with Crippen LogP contribution in [0.3, 0.4) is 0 Å². The summed E-state index contributed by atoms with van der Waals surface area (Å²) in [6.45, 7) is 3.37. The minimum absolute atomic E-state index is 0.00228. The highest BCUT2D eigenvalue weighted by Gasteiger charge is 2.22. The van der Waals surface area contributed by atoms with Crippen molar-refractivity contribution < 1.29 is 17.9 Å². The third-order valence-electron chi connectivity index (χ3n) is 3.01. The van der Waals surface area contributed by atoms with E-state index in [-0.39, 0.29) is 16.0 Å². The van der Waals surface area contributed by atoms with E-state index in [0.29, 0.717) is 6.54 Å². The maximum absolute atomic E-state index is 13.6. The molecule has 0 aliphatic heterocycles. The Balaban J connectivity index is 3.18. The van der Waals surface area contributed by atoms with Crippen molar-refractivity contribution in [3.8, 4) is 0 Å². The number of hydrogen-bond donors (Lipinski definition) is 1. The van der Waals surface area contributed by atoms with E-state index in [9.17, 15) is 12.8 Å².